The van der Waals surface area contributed by atoms with Gasteiger partial charge in [-0.3, -0.25) is 9.59 Å². The standard InChI is InChI=1S/C21H18N2O4S3/c24-19-6-3-13-10-16(11-14-7-8-23(19)20(13)14)30(26,27)22-12-15-4-5-18(29-15)21(25)17-2-1-9-28-17/h1-2,4-5,9-11,22H,3,6-8,12H2. The van der Waals surface area contributed by atoms with Crippen molar-refractivity contribution >= 4 is 50.1 Å². The van der Waals surface area contributed by atoms with Crippen LogP contribution in [0.2, 0.25) is 0 Å². The molecule has 0 saturated carbocycles. The second kappa shape index (κ2) is 7.42. The molecular formula is C21H18N2O4S3. The summed E-state index contributed by atoms with van der Waals surface area (Å²) in [5, 5.41) is 1.86. The molecule has 154 valence electrons. The van der Waals surface area contributed by atoms with Gasteiger partial charge in [0.05, 0.1) is 20.3 Å². The molecule has 30 heavy (non-hydrogen) atoms. The van der Waals surface area contributed by atoms with Gasteiger partial charge in [-0.25, -0.2) is 13.1 Å². The Morgan fingerprint density at radius 3 is 2.63 bits per heavy atom. The van der Waals surface area contributed by atoms with Gasteiger partial charge in [0.2, 0.25) is 21.7 Å². The summed E-state index contributed by atoms with van der Waals surface area (Å²) in [6.07, 6.45) is 1.66. The lowest BCUT2D eigenvalue weighted by Gasteiger charge is -2.25. The molecule has 0 spiro atoms. The maximum atomic E-state index is 12.9. The van der Waals surface area contributed by atoms with Crippen LogP contribution >= 0.6 is 22.7 Å². The molecule has 0 radical (unpaired) electrons. The van der Waals surface area contributed by atoms with Crippen molar-refractivity contribution in [3.63, 3.8) is 0 Å². The predicted octanol–water partition coefficient (Wildman–Crippen LogP) is 3.35. The first kappa shape index (κ1) is 19.6. The van der Waals surface area contributed by atoms with E-state index in [1.54, 1.807) is 35.2 Å². The molecule has 2 aliphatic rings. The van der Waals surface area contributed by atoms with E-state index in [9.17, 15) is 18.0 Å². The number of benzene rings is 1. The van der Waals surface area contributed by atoms with Crippen LogP contribution in [0.4, 0.5) is 5.69 Å². The van der Waals surface area contributed by atoms with E-state index < -0.39 is 10.0 Å². The second-order valence-electron chi connectivity index (χ2n) is 7.28. The summed E-state index contributed by atoms with van der Waals surface area (Å²) in [5.74, 6) is 0.0708. The lowest BCUT2D eigenvalue weighted by Crippen LogP contribution is -2.33. The van der Waals surface area contributed by atoms with E-state index in [0.717, 1.165) is 21.7 Å². The third-order valence-corrected chi connectivity index (χ3v) is 8.74. The number of carbonyl (C=O) groups excluding carboxylic acids is 2. The number of nitrogens with one attached hydrogen (secondary N) is 1. The quantitative estimate of drug-likeness (QED) is 0.574. The van der Waals surface area contributed by atoms with Crippen molar-refractivity contribution in [2.24, 2.45) is 0 Å². The van der Waals surface area contributed by atoms with Crippen molar-refractivity contribution in [2.75, 3.05) is 11.4 Å². The van der Waals surface area contributed by atoms with Gasteiger partial charge < -0.3 is 4.90 Å². The number of carbonyl (C=O) groups is 2. The fourth-order valence-corrected chi connectivity index (χ4v) is 6.80. The Labute approximate surface area is 182 Å². The summed E-state index contributed by atoms with van der Waals surface area (Å²) in [5.41, 5.74) is 2.74. The average molecular weight is 459 g/mol. The van der Waals surface area contributed by atoms with E-state index in [2.05, 4.69) is 4.72 Å². The van der Waals surface area contributed by atoms with E-state index >= 15 is 0 Å². The highest BCUT2D eigenvalue weighted by molar-refractivity contribution is 7.89. The number of anilines is 1. The normalized spacial score (nSPS) is 15.5. The van der Waals surface area contributed by atoms with Crippen LogP contribution in [0.15, 0.2) is 46.7 Å². The molecule has 0 saturated heterocycles. The number of sulfonamides is 1. The Morgan fingerprint density at radius 2 is 1.87 bits per heavy atom. The maximum Gasteiger partial charge on any atom is 0.240 e. The molecule has 0 fully saturated rings. The summed E-state index contributed by atoms with van der Waals surface area (Å²) < 4.78 is 28.5. The van der Waals surface area contributed by atoms with Crippen LogP contribution in [0.25, 0.3) is 0 Å². The molecule has 0 atom stereocenters. The van der Waals surface area contributed by atoms with Gasteiger partial charge in [-0.1, -0.05) is 6.07 Å². The third-order valence-electron chi connectivity index (χ3n) is 5.40. The molecular weight excluding hydrogens is 440 g/mol. The van der Waals surface area contributed by atoms with Gasteiger partial charge in [0.15, 0.2) is 0 Å². The van der Waals surface area contributed by atoms with Crippen molar-refractivity contribution in [3.05, 3.63) is 67.5 Å². The Kier molecular flexibility index (Phi) is 4.85. The summed E-state index contributed by atoms with van der Waals surface area (Å²) in [6.45, 7) is 0.746. The Hall–Kier alpha value is -2.33. The van der Waals surface area contributed by atoms with Gasteiger partial charge in [0, 0.05) is 24.4 Å². The molecule has 9 heteroatoms. The molecule has 3 aromatic rings. The number of hydrogen-bond donors (Lipinski definition) is 1. The maximum absolute atomic E-state index is 12.9. The third kappa shape index (κ3) is 3.41. The topological polar surface area (TPSA) is 83.6 Å². The molecule has 2 aliphatic heterocycles. The monoisotopic (exact) mass is 458 g/mol. The number of amides is 1. The molecule has 1 amide bonds. The van der Waals surface area contributed by atoms with Crippen LogP contribution in [0.3, 0.4) is 0 Å². The van der Waals surface area contributed by atoms with Crippen LogP contribution in [-0.2, 0) is 34.2 Å². The van der Waals surface area contributed by atoms with Gasteiger partial charge in [0.25, 0.3) is 0 Å². The van der Waals surface area contributed by atoms with E-state index in [-0.39, 0.29) is 23.1 Å². The van der Waals surface area contributed by atoms with Gasteiger partial charge in [0.1, 0.15) is 0 Å². The first-order chi connectivity index (χ1) is 14.4. The molecule has 5 rings (SSSR count). The second-order valence-corrected chi connectivity index (χ2v) is 11.2. The van der Waals surface area contributed by atoms with Gasteiger partial charge >= 0.3 is 0 Å². The SMILES string of the molecule is O=C(c1cccs1)c1ccc(CNS(=O)(=O)c2cc3c4c(c2)CCN4C(=O)CC3)s1. The number of hydrogen-bond acceptors (Lipinski definition) is 6. The van der Waals surface area contributed by atoms with E-state index in [4.69, 9.17) is 0 Å². The first-order valence-corrected chi connectivity index (χ1v) is 12.7. The highest BCUT2D eigenvalue weighted by Gasteiger charge is 2.32. The zero-order valence-corrected chi connectivity index (χ0v) is 18.3. The fourth-order valence-electron chi connectivity index (χ4n) is 3.95. The zero-order chi connectivity index (χ0) is 20.9. The number of nitrogens with zero attached hydrogens (tertiary/aromatic N) is 1. The van der Waals surface area contributed by atoms with Crippen molar-refractivity contribution in [1.82, 2.24) is 4.72 Å². The van der Waals surface area contributed by atoms with Gasteiger partial charge in [-0.15, -0.1) is 22.7 Å². The van der Waals surface area contributed by atoms with Crippen LogP contribution in [-0.4, -0.2) is 26.7 Å². The van der Waals surface area contributed by atoms with Crippen LogP contribution in [0, 0.1) is 0 Å². The minimum atomic E-state index is -3.70. The average Bonchev–Trinajstić information content (AvgIpc) is 3.50. The smallest absolute Gasteiger partial charge is 0.240 e. The Balaban J connectivity index is 1.34. The lowest BCUT2D eigenvalue weighted by atomic mass is 10.00. The fraction of sp³-hybridized carbons (Fsp3) is 0.238. The molecule has 0 bridgehead atoms. The number of thiophene rings is 2. The van der Waals surface area contributed by atoms with Crippen LogP contribution in [0.1, 0.15) is 37.0 Å². The highest BCUT2D eigenvalue weighted by atomic mass is 32.2. The molecule has 6 nitrogen and oxygen atoms in total. The minimum Gasteiger partial charge on any atom is -0.312 e. The number of aryl methyl sites for hydroxylation is 1. The molecule has 4 heterocycles. The van der Waals surface area contributed by atoms with E-state index in [1.165, 1.54) is 22.7 Å². The first-order valence-electron chi connectivity index (χ1n) is 9.55. The minimum absolute atomic E-state index is 0.0408. The van der Waals surface area contributed by atoms with Gasteiger partial charge in [-0.2, -0.15) is 0 Å². The zero-order valence-electron chi connectivity index (χ0n) is 15.9. The molecule has 0 aliphatic carbocycles. The summed E-state index contributed by atoms with van der Waals surface area (Å²) in [4.78, 5) is 28.5. The molecule has 2 aromatic heterocycles. The number of rotatable bonds is 6. The van der Waals surface area contributed by atoms with Crippen LogP contribution in [0.5, 0.6) is 0 Å². The molecule has 1 N–H and O–H groups in total. The lowest BCUT2D eigenvalue weighted by molar-refractivity contribution is -0.118. The summed E-state index contributed by atoms with van der Waals surface area (Å²) >= 11 is 2.69. The summed E-state index contributed by atoms with van der Waals surface area (Å²) in [6, 6.07) is 10.5. The molecule has 1 aromatic carbocycles. The van der Waals surface area contributed by atoms with E-state index in [0.29, 0.717) is 35.6 Å². The van der Waals surface area contributed by atoms with Crippen molar-refractivity contribution < 1.29 is 18.0 Å². The predicted molar refractivity (Wildman–Crippen MR) is 117 cm³/mol. The largest absolute Gasteiger partial charge is 0.312 e. The van der Waals surface area contributed by atoms with E-state index in [1.807, 2.05) is 11.4 Å². The Morgan fingerprint density at radius 1 is 1.07 bits per heavy atom. The van der Waals surface area contributed by atoms with Crippen molar-refractivity contribution in [3.8, 4) is 0 Å². The van der Waals surface area contributed by atoms with Crippen molar-refractivity contribution in [2.45, 2.75) is 30.7 Å². The van der Waals surface area contributed by atoms with Crippen molar-refractivity contribution in [1.29, 1.82) is 0 Å². The Bertz CT molecular complexity index is 1260. The molecule has 0 unspecified atom stereocenters. The number of ketones is 1. The van der Waals surface area contributed by atoms with Crippen LogP contribution < -0.4 is 9.62 Å². The van der Waals surface area contributed by atoms with Gasteiger partial charge in [-0.05, 0) is 59.7 Å². The summed E-state index contributed by atoms with van der Waals surface area (Å²) in [7, 11) is -3.70. The highest BCUT2D eigenvalue weighted by Crippen LogP contribution is 2.38.